The number of aliphatic imine (C=N–C) groups is 1. The van der Waals surface area contributed by atoms with E-state index in [0.29, 0.717) is 19.5 Å². The summed E-state index contributed by atoms with van der Waals surface area (Å²) in [7, 11) is 8.86. The highest BCUT2D eigenvalue weighted by atomic mass is 32.1. The Bertz CT molecular complexity index is 530. The van der Waals surface area contributed by atoms with Crippen molar-refractivity contribution >= 4 is 23.2 Å². The number of rotatable bonds is 7. The van der Waals surface area contributed by atoms with Crippen molar-refractivity contribution in [2.45, 2.75) is 26.0 Å². The molecule has 1 heterocycles. The molecule has 1 rings (SSSR count). The fraction of sp³-hybridized carbons (Fsp3) is 0.667. The predicted octanol–water partition coefficient (Wildman–Crippen LogP) is 1.34. The topological polar surface area (TPSA) is 70.1 Å². The van der Waals surface area contributed by atoms with Crippen molar-refractivity contribution in [2.24, 2.45) is 4.99 Å². The van der Waals surface area contributed by atoms with Gasteiger partial charge in [0, 0.05) is 53.6 Å². The van der Waals surface area contributed by atoms with E-state index in [1.807, 2.05) is 24.3 Å². The number of nitrogens with zero attached hydrogens (tertiary/aromatic N) is 4. The zero-order valence-electron chi connectivity index (χ0n) is 14.8. The van der Waals surface area contributed by atoms with Crippen LogP contribution in [0.1, 0.15) is 30.2 Å². The molecule has 0 fully saturated rings. The van der Waals surface area contributed by atoms with Crippen molar-refractivity contribution in [3.63, 3.8) is 0 Å². The highest BCUT2D eigenvalue weighted by Gasteiger charge is 2.13. The van der Waals surface area contributed by atoms with Crippen LogP contribution in [0.25, 0.3) is 0 Å². The van der Waals surface area contributed by atoms with Gasteiger partial charge in [-0.1, -0.05) is 0 Å². The molecule has 0 aliphatic heterocycles. The van der Waals surface area contributed by atoms with E-state index < -0.39 is 0 Å². The lowest BCUT2D eigenvalue weighted by atomic mass is 10.4. The van der Waals surface area contributed by atoms with Gasteiger partial charge >= 0.3 is 0 Å². The maximum Gasteiger partial charge on any atom is 0.223 e. The summed E-state index contributed by atoms with van der Waals surface area (Å²) in [6, 6.07) is 0. The third-order valence-electron chi connectivity index (χ3n) is 3.36. The molecule has 8 heteroatoms. The first-order valence-electron chi connectivity index (χ1n) is 7.48. The van der Waals surface area contributed by atoms with E-state index in [2.05, 4.69) is 15.3 Å². The summed E-state index contributed by atoms with van der Waals surface area (Å²) in [5, 5.41) is 6.20. The molecule has 0 saturated carbocycles. The minimum Gasteiger partial charge on any atom is -0.375 e. The van der Waals surface area contributed by atoms with Crippen LogP contribution in [-0.4, -0.2) is 68.5 Å². The van der Waals surface area contributed by atoms with Crippen molar-refractivity contribution in [3.8, 4) is 0 Å². The van der Waals surface area contributed by atoms with Crippen molar-refractivity contribution in [1.82, 2.24) is 20.1 Å². The monoisotopic (exact) mass is 341 g/mol. The lowest BCUT2D eigenvalue weighted by molar-refractivity contribution is -0.128. The number of methoxy groups -OCH3 is 1. The van der Waals surface area contributed by atoms with Crippen LogP contribution in [-0.2, 0) is 16.1 Å². The second-order valence-electron chi connectivity index (χ2n) is 5.42. The van der Waals surface area contributed by atoms with Gasteiger partial charge in [0.15, 0.2) is 5.96 Å². The zero-order chi connectivity index (χ0) is 17.4. The lowest BCUT2D eigenvalue weighted by Crippen LogP contribution is -2.40. The number of ether oxygens (including phenoxy) is 1. The van der Waals surface area contributed by atoms with Crippen molar-refractivity contribution in [3.05, 3.63) is 16.1 Å². The second-order valence-corrected chi connectivity index (χ2v) is 6.31. The van der Waals surface area contributed by atoms with Crippen molar-refractivity contribution < 1.29 is 9.53 Å². The van der Waals surface area contributed by atoms with Crippen LogP contribution < -0.4 is 5.32 Å². The predicted molar refractivity (Wildman–Crippen MR) is 93.7 cm³/mol. The zero-order valence-corrected chi connectivity index (χ0v) is 15.6. The minimum absolute atomic E-state index is 0.00791. The van der Waals surface area contributed by atoms with E-state index in [1.54, 1.807) is 44.5 Å². The normalized spacial score (nSPS) is 12.9. The molecular weight excluding hydrogens is 314 g/mol. The molecule has 1 N–H and O–H groups in total. The number of thiazole rings is 1. The van der Waals surface area contributed by atoms with Gasteiger partial charge in [-0.15, -0.1) is 11.3 Å². The average molecular weight is 341 g/mol. The number of carbonyl (C=O) groups excluding carboxylic acids is 1. The maximum atomic E-state index is 11.6. The summed E-state index contributed by atoms with van der Waals surface area (Å²) < 4.78 is 5.28. The lowest BCUT2D eigenvalue weighted by Gasteiger charge is -2.21. The molecule has 0 radical (unpaired) electrons. The number of carbonyl (C=O) groups is 1. The molecule has 7 nitrogen and oxygen atoms in total. The largest absolute Gasteiger partial charge is 0.375 e. The third kappa shape index (κ3) is 6.15. The van der Waals surface area contributed by atoms with Gasteiger partial charge in [-0.25, -0.2) is 4.98 Å². The molecule has 0 bridgehead atoms. The Labute approximate surface area is 142 Å². The molecule has 0 saturated heterocycles. The molecule has 0 aromatic carbocycles. The van der Waals surface area contributed by atoms with Crippen molar-refractivity contribution in [2.75, 3.05) is 41.8 Å². The van der Waals surface area contributed by atoms with Crippen LogP contribution in [0.4, 0.5) is 0 Å². The second kappa shape index (κ2) is 9.46. The summed E-state index contributed by atoms with van der Waals surface area (Å²) in [6.45, 7) is 3.18. The first-order valence-corrected chi connectivity index (χ1v) is 8.36. The molecule has 1 aromatic heterocycles. The summed E-state index contributed by atoms with van der Waals surface area (Å²) in [6.07, 6.45) is 0.444. The SMILES string of the molecule is CN=C(NCCC(=O)N(C)C)N(C)Cc1csc(C(C)OC)n1. The molecule has 1 unspecified atom stereocenters. The van der Waals surface area contributed by atoms with Gasteiger partial charge in [-0.05, 0) is 6.92 Å². The van der Waals surface area contributed by atoms with Crippen LogP contribution in [0.3, 0.4) is 0 Å². The molecule has 0 aliphatic carbocycles. The average Bonchev–Trinajstić information content (AvgIpc) is 2.98. The van der Waals surface area contributed by atoms with E-state index >= 15 is 0 Å². The number of amides is 1. The minimum atomic E-state index is 0.00791. The fourth-order valence-electron chi connectivity index (χ4n) is 1.89. The van der Waals surface area contributed by atoms with Crippen LogP contribution in [0.15, 0.2) is 10.4 Å². The van der Waals surface area contributed by atoms with Crippen LogP contribution in [0.2, 0.25) is 0 Å². The Morgan fingerprint density at radius 3 is 2.74 bits per heavy atom. The molecule has 0 aliphatic rings. The van der Waals surface area contributed by atoms with Crippen LogP contribution in [0.5, 0.6) is 0 Å². The third-order valence-corrected chi connectivity index (χ3v) is 4.42. The first kappa shape index (κ1) is 19.4. The Morgan fingerprint density at radius 1 is 1.48 bits per heavy atom. The maximum absolute atomic E-state index is 11.6. The first-order chi connectivity index (χ1) is 10.9. The highest BCUT2D eigenvalue weighted by Crippen LogP contribution is 2.20. The van der Waals surface area contributed by atoms with Gasteiger partial charge in [-0.3, -0.25) is 9.79 Å². The summed E-state index contributed by atoms with van der Waals surface area (Å²) in [5.41, 5.74) is 0.976. The summed E-state index contributed by atoms with van der Waals surface area (Å²) >= 11 is 1.60. The number of hydrogen-bond donors (Lipinski definition) is 1. The quantitative estimate of drug-likeness (QED) is 0.599. The molecule has 1 aromatic rings. The van der Waals surface area contributed by atoms with Gasteiger partial charge in [0.25, 0.3) is 0 Å². The highest BCUT2D eigenvalue weighted by molar-refractivity contribution is 7.09. The Kier molecular flexibility index (Phi) is 7.97. The molecule has 1 atom stereocenters. The van der Waals surface area contributed by atoms with Gasteiger partial charge in [-0.2, -0.15) is 0 Å². The molecule has 23 heavy (non-hydrogen) atoms. The van der Waals surface area contributed by atoms with Crippen LogP contribution in [0, 0.1) is 0 Å². The Morgan fingerprint density at radius 2 is 2.17 bits per heavy atom. The van der Waals surface area contributed by atoms with Gasteiger partial charge < -0.3 is 19.9 Å². The van der Waals surface area contributed by atoms with E-state index in [9.17, 15) is 4.79 Å². The fourth-order valence-corrected chi connectivity index (χ4v) is 2.73. The Balaban J connectivity index is 2.52. The molecule has 1 amide bonds. The smallest absolute Gasteiger partial charge is 0.223 e. The molecular formula is C15H27N5O2S. The number of guanidine groups is 1. The standard InChI is InChI=1S/C15H27N5O2S/c1-11(22-6)14-18-12(10-23-14)9-20(5)15(16-2)17-8-7-13(21)19(3)4/h10-11H,7-9H2,1-6H3,(H,16,17). The van der Waals surface area contributed by atoms with Gasteiger partial charge in [0.2, 0.25) is 5.91 Å². The number of nitrogens with one attached hydrogen (secondary N) is 1. The van der Waals surface area contributed by atoms with Crippen molar-refractivity contribution in [1.29, 1.82) is 0 Å². The van der Waals surface area contributed by atoms with E-state index in [1.165, 1.54) is 0 Å². The summed E-state index contributed by atoms with van der Waals surface area (Å²) in [5.74, 6) is 0.833. The van der Waals surface area contributed by atoms with E-state index in [4.69, 9.17) is 4.74 Å². The van der Waals surface area contributed by atoms with E-state index in [-0.39, 0.29) is 12.0 Å². The summed E-state index contributed by atoms with van der Waals surface area (Å²) in [4.78, 5) is 24.0. The van der Waals surface area contributed by atoms with Gasteiger partial charge in [0.1, 0.15) is 11.1 Å². The Hall–Kier alpha value is -1.67. The van der Waals surface area contributed by atoms with E-state index in [0.717, 1.165) is 16.7 Å². The van der Waals surface area contributed by atoms with Crippen LogP contribution >= 0.6 is 11.3 Å². The molecule has 0 spiro atoms. The van der Waals surface area contributed by atoms with Gasteiger partial charge in [0.05, 0.1) is 12.2 Å². The number of aromatic nitrogens is 1. The molecule has 130 valence electrons. The number of hydrogen-bond acceptors (Lipinski definition) is 5.